The quantitative estimate of drug-likeness (QED) is 0.842. The number of halogens is 1. The average Bonchev–Trinajstić information content (AvgIpc) is 2.48. The van der Waals surface area contributed by atoms with E-state index in [2.05, 4.69) is 20.9 Å². The van der Waals surface area contributed by atoms with Crippen LogP contribution in [0.2, 0.25) is 0 Å². The lowest BCUT2D eigenvalue weighted by atomic mass is 10.2. The summed E-state index contributed by atoms with van der Waals surface area (Å²) >= 11 is 4.78. The lowest BCUT2D eigenvalue weighted by molar-refractivity contribution is 0.0283. The number of hydrogen-bond acceptors (Lipinski definition) is 4. The molecule has 1 heterocycles. The first kappa shape index (κ1) is 13.4. The minimum atomic E-state index is -0.464. The Morgan fingerprint density at radius 3 is 2.69 bits per heavy atom. The molecule has 16 heavy (non-hydrogen) atoms. The van der Waals surface area contributed by atoms with E-state index in [1.165, 1.54) is 16.2 Å². The second-order valence-corrected chi connectivity index (χ2v) is 6.56. The van der Waals surface area contributed by atoms with E-state index in [-0.39, 0.29) is 6.09 Å². The maximum Gasteiger partial charge on any atom is 0.410 e. The lowest BCUT2D eigenvalue weighted by Crippen LogP contribution is -2.33. The van der Waals surface area contributed by atoms with Crippen molar-refractivity contribution < 1.29 is 9.53 Å². The molecule has 4 nitrogen and oxygen atoms in total. The van der Waals surface area contributed by atoms with E-state index in [9.17, 15) is 4.79 Å². The minimum Gasteiger partial charge on any atom is -0.444 e. The number of carbonyl (C=O) groups excluding carboxylic acids is 1. The fraction of sp³-hybridized carbons (Fsp3) is 0.600. The molecule has 0 spiro atoms. The summed E-state index contributed by atoms with van der Waals surface area (Å²) in [5.74, 6) is 0. The van der Waals surface area contributed by atoms with Crippen molar-refractivity contribution >= 4 is 33.4 Å². The molecule has 1 amide bonds. The van der Waals surface area contributed by atoms with Crippen LogP contribution >= 0.6 is 27.3 Å². The zero-order chi connectivity index (χ0) is 12.3. The van der Waals surface area contributed by atoms with Gasteiger partial charge in [0.25, 0.3) is 0 Å². The van der Waals surface area contributed by atoms with Crippen molar-refractivity contribution in [3.63, 3.8) is 0 Å². The minimum absolute atomic E-state index is 0.336. The van der Waals surface area contributed by atoms with E-state index < -0.39 is 5.60 Å². The molecule has 6 heteroatoms. The monoisotopic (exact) mass is 306 g/mol. The molecule has 0 saturated carbocycles. The van der Waals surface area contributed by atoms with Crippen LogP contribution in [-0.4, -0.2) is 28.6 Å². The summed E-state index contributed by atoms with van der Waals surface area (Å²) < 4.78 is 6.05. The van der Waals surface area contributed by atoms with Crippen molar-refractivity contribution in [1.82, 2.24) is 9.88 Å². The van der Waals surface area contributed by atoms with E-state index in [1.54, 1.807) is 7.05 Å². The van der Waals surface area contributed by atoms with E-state index in [1.807, 2.05) is 26.2 Å². The van der Waals surface area contributed by atoms with Gasteiger partial charge in [0.1, 0.15) is 5.60 Å². The Labute approximate surface area is 108 Å². The number of aromatic nitrogens is 1. The molecule has 0 fully saturated rings. The molecule has 0 unspecified atom stereocenters. The molecule has 1 aromatic rings. The number of thiazole rings is 1. The van der Waals surface area contributed by atoms with E-state index in [0.717, 1.165) is 9.61 Å². The smallest absolute Gasteiger partial charge is 0.410 e. The molecule has 0 radical (unpaired) electrons. The van der Waals surface area contributed by atoms with Gasteiger partial charge < -0.3 is 9.64 Å². The van der Waals surface area contributed by atoms with Gasteiger partial charge in [0.15, 0.2) is 3.92 Å². The van der Waals surface area contributed by atoms with Crippen LogP contribution in [-0.2, 0) is 11.3 Å². The van der Waals surface area contributed by atoms with Gasteiger partial charge >= 0.3 is 6.09 Å². The van der Waals surface area contributed by atoms with Crippen LogP contribution in [0.5, 0.6) is 0 Å². The summed E-state index contributed by atoms with van der Waals surface area (Å²) in [7, 11) is 1.70. The van der Waals surface area contributed by atoms with Crippen molar-refractivity contribution in [1.29, 1.82) is 0 Å². The van der Waals surface area contributed by atoms with Crippen molar-refractivity contribution in [2.24, 2.45) is 0 Å². The molecular weight excluding hydrogens is 292 g/mol. The van der Waals surface area contributed by atoms with Crippen LogP contribution in [0.4, 0.5) is 4.79 Å². The van der Waals surface area contributed by atoms with Gasteiger partial charge in [0.05, 0.1) is 12.2 Å². The highest BCUT2D eigenvalue weighted by atomic mass is 79.9. The van der Waals surface area contributed by atoms with Gasteiger partial charge in [-0.2, -0.15) is 0 Å². The molecular formula is C10H15BrN2O2S. The van der Waals surface area contributed by atoms with Gasteiger partial charge in [0.2, 0.25) is 0 Å². The summed E-state index contributed by atoms with van der Waals surface area (Å²) in [5, 5.41) is 1.91. The average molecular weight is 307 g/mol. The largest absolute Gasteiger partial charge is 0.444 e. The summed E-state index contributed by atoms with van der Waals surface area (Å²) in [5.41, 5.74) is 0.388. The van der Waals surface area contributed by atoms with Crippen LogP contribution < -0.4 is 0 Å². The Bertz CT molecular complexity index is 373. The fourth-order valence-corrected chi connectivity index (χ4v) is 2.04. The topological polar surface area (TPSA) is 42.4 Å². The SMILES string of the molecule is CN(Cc1csc(Br)n1)C(=O)OC(C)(C)C. The predicted molar refractivity (Wildman–Crippen MR) is 67.5 cm³/mol. The van der Waals surface area contributed by atoms with Gasteiger partial charge in [-0.25, -0.2) is 9.78 Å². The van der Waals surface area contributed by atoms with Crippen molar-refractivity contribution in [2.75, 3.05) is 7.05 Å². The maximum atomic E-state index is 11.6. The molecule has 0 aliphatic heterocycles. The Kier molecular flexibility index (Phi) is 4.32. The van der Waals surface area contributed by atoms with Crippen LogP contribution in [0.25, 0.3) is 0 Å². The second kappa shape index (κ2) is 5.14. The van der Waals surface area contributed by atoms with Crippen LogP contribution in [0.1, 0.15) is 26.5 Å². The first-order valence-electron chi connectivity index (χ1n) is 4.82. The molecule has 0 aliphatic rings. The van der Waals surface area contributed by atoms with Gasteiger partial charge in [-0.05, 0) is 36.7 Å². The first-order chi connectivity index (χ1) is 7.28. The standard InChI is InChI=1S/C10H15BrN2O2S/c1-10(2,3)15-9(14)13(4)5-7-6-16-8(11)12-7/h6H,5H2,1-4H3. The molecule has 0 atom stereocenters. The van der Waals surface area contributed by atoms with Crippen molar-refractivity contribution in [3.8, 4) is 0 Å². The third-order valence-corrected chi connectivity index (χ3v) is 3.04. The fourth-order valence-electron chi connectivity index (χ4n) is 1.00. The summed E-state index contributed by atoms with van der Waals surface area (Å²) in [6.45, 7) is 5.99. The number of nitrogens with zero attached hydrogens (tertiary/aromatic N) is 2. The zero-order valence-electron chi connectivity index (χ0n) is 9.78. The summed E-state index contributed by atoms with van der Waals surface area (Å²) in [4.78, 5) is 17.4. The summed E-state index contributed by atoms with van der Waals surface area (Å²) in [6.07, 6.45) is -0.336. The van der Waals surface area contributed by atoms with Crippen LogP contribution in [0.3, 0.4) is 0 Å². The van der Waals surface area contributed by atoms with E-state index >= 15 is 0 Å². The molecule has 0 aliphatic carbocycles. The summed E-state index contributed by atoms with van der Waals surface area (Å²) in [6, 6.07) is 0. The third-order valence-electron chi connectivity index (χ3n) is 1.63. The van der Waals surface area contributed by atoms with Gasteiger partial charge in [-0.1, -0.05) is 0 Å². The van der Waals surface area contributed by atoms with Crippen molar-refractivity contribution in [3.05, 3.63) is 15.0 Å². The van der Waals surface area contributed by atoms with Gasteiger partial charge in [-0.3, -0.25) is 0 Å². The molecule has 1 rings (SSSR count). The lowest BCUT2D eigenvalue weighted by Gasteiger charge is -2.24. The highest BCUT2D eigenvalue weighted by Crippen LogP contribution is 2.17. The highest BCUT2D eigenvalue weighted by Gasteiger charge is 2.20. The van der Waals surface area contributed by atoms with Crippen LogP contribution in [0.15, 0.2) is 9.30 Å². The number of carbonyl (C=O) groups is 1. The first-order valence-corrected chi connectivity index (χ1v) is 6.49. The number of amides is 1. The zero-order valence-corrected chi connectivity index (χ0v) is 12.2. The predicted octanol–water partition coefficient (Wildman–Crippen LogP) is 3.27. The molecule has 0 bridgehead atoms. The Hall–Kier alpha value is -0.620. The van der Waals surface area contributed by atoms with Gasteiger partial charge in [0, 0.05) is 12.4 Å². The Morgan fingerprint density at radius 1 is 1.62 bits per heavy atom. The Morgan fingerprint density at radius 2 is 2.25 bits per heavy atom. The second-order valence-electron chi connectivity index (χ2n) is 4.43. The Balaban J connectivity index is 2.52. The molecule has 90 valence electrons. The highest BCUT2D eigenvalue weighted by molar-refractivity contribution is 9.11. The third kappa shape index (κ3) is 4.49. The maximum absolute atomic E-state index is 11.6. The van der Waals surface area contributed by atoms with Crippen LogP contribution in [0, 0.1) is 0 Å². The molecule has 0 saturated heterocycles. The number of rotatable bonds is 2. The molecule has 1 aromatic heterocycles. The molecule has 0 aromatic carbocycles. The molecule has 0 N–H and O–H groups in total. The normalized spacial score (nSPS) is 11.3. The van der Waals surface area contributed by atoms with Gasteiger partial charge in [-0.15, -0.1) is 11.3 Å². The number of ether oxygens (including phenoxy) is 1. The van der Waals surface area contributed by atoms with Crippen molar-refractivity contribution in [2.45, 2.75) is 32.9 Å². The van der Waals surface area contributed by atoms with E-state index in [0.29, 0.717) is 6.54 Å². The number of hydrogen-bond donors (Lipinski definition) is 0. The van der Waals surface area contributed by atoms with E-state index in [4.69, 9.17) is 4.74 Å².